The molecule has 19 heavy (non-hydrogen) atoms. The highest BCUT2D eigenvalue weighted by Gasteiger charge is 2.07. The number of rotatable bonds is 2. The van der Waals surface area contributed by atoms with Crippen LogP contribution < -0.4 is 10.5 Å². The molecule has 4 nitrogen and oxygen atoms in total. The van der Waals surface area contributed by atoms with Crippen molar-refractivity contribution in [2.75, 3.05) is 5.73 Å². The summed E-state index contributed by atoms with van der Waals surface area (Å²) in [5.41, 5.74) is 6.33. The van der Waals surface area contributed by atoms with Gasteiger partial charge in [0.05, 0.1) is 5.02 Å². The van der Waals surface area contributed by atoms with E-state index < -0.39 is 0 Å². The van der Waals surface area contributed by atoms with Crippen molar-refractivity contribution < 1.29 is 4.74 Å². The van der Waals surface area contributed by atoms with E-state index >= 15 is 0 Å². The van der Waals surface area contributed by atoms with Gasteiger partial charge in [0.25, 0.3) is 0 Å². The largest absolute Gasteiger partial charge is 0.455 e. The molecule has 0 aliphatic rings. The number of fused-ring (bicyclic) bond motifs is 1. The first-order valence-corrected chi connectivity index (χ1v) is 6.04. The van der Waals surface area contributed by atoms with Crippen molar-refractivity contribution in [1.29, 1.82) is 0 Å². The molecule has 94 valence electrons. The van der Waals surface area contributed by atoms with E-state index in [9.17, 15) is 0 Å². The van der Waals surface area contributed by atoms with Crippen LogP contribution in [0.4, 0.5) is 5.82 Å². The van der Waals surface area contributed by atoms with Crippen molar-refractivity contribution in [3.63, 3.8) is 0 Å². The fourth-order valence-electron chi connectivity index (χ4n) is 1.81. The lowest BCUT2D eigenvalue weighted by atomic mass is 10.2. The highest BCUT2D eigenvalue weighted by Crippen LogP contribution is 2.32. The monoisotopic (exact) mass is 271 g/mol. The second kappa shape index (κ2) is 4.74. The van der Waals surface area contributed by atoms with E-state index in [0.717, 1.165) is 5.39 Å². The van der Waals surface area contributed by atoms with E-state index in [-0.39, 0.29) is 0 Å². The third-order valence-electron chi connectivity index (χ3n) is 2.66. The number of halogens is 1. The summed E-state index contributed by atoms with van der Waals surface area (Å²) in [7, 11) is 0. The van der Waals surface area contributed by atoms with Crippen LogP contribution in [0.2, 0.25) is 5.02 Å². The van der Waals surface area contributed by atoms with Crippen LogP contribution in [-0.2, 0) is 0 Å². The zero-order chi connectivity index (χ0) is 13.2. The number of nitrogens with zero attached hydrogens (tertiary/aromatic N) is 2. The summed E-state index contributed by atoms with van der Waals surface area (Å²) < 4.78 is 5.79. The lowest BCUT2D eigenvalue weighted by molar-refractivity contribution is 0.487. The molecule has 0 radical (unpaired) electrons. The Bertz CT molecular complexity index is 746. The molecule has 2 N–H and O–H groups in total. The number of anilines is 1. The summed E-state index contributed by atoms with van der Waals surface area (Å²) in [4.78, 5) is 8.22. The van der Waals surface area contributed by atoms with Gasteiger partial charge in [0.2, 0.25) is 0 Å². The zero-order valence-electron chi connectivity index (χ0n) is 9.88. The molecule has 0 amide bonds. The third-order valence-corrected chi connectivity index (χ3v) is 2.99. The first-order valence-electron chi connectivity index (χ1n) is 5.66. The molecule has 3 aromatic rings. The van der Waals surface area contributed by atoms with Gasteiger partial charge in [0.15, 0.2) is 5.75 Å². The van der Waals surface area contributed by atoms with E-state index in [4.69, 9.17) is 22.1 Å². The van der Waals surface area contributed by atoms with E-state index in [2.05, 4.69) is 9.97 Å². The predicted octanol–water partition coefficient (Wildman–Crippen LogP) is 3.66. The molecule has 0 fully saturated rings. The molecule has 3 rings (SSSR count). The van der Waals surface area contributed by atoms with Gasteiger partial charge in [-0.15, -0.1) is 0 Å². The number of pyridine rings is 2. The summed E-state index contributed by atoms with van der Waals surface area (Å²) in [6.07, 6.45) is 3.29. The SMILES string of the molecule is Nc1cc(Oc2ccc(Cl)c3cccnc23)ccn1. The highest BCUT2D eigenvalue weighted by molar-refractivity contribution is 6.35. The van der Waals surface area contributed by atoms with Crippen molar-refractivity contribution in [2.45, 2.75) is 0 Å². The fraction of sp³-hybridized carbons (Fsp3) is 0. The molecular formula is C14H10ClN3O. The van der Waals surface area contributed by atoms with Crippen molar-refractivity contribution >= 4 is 28.3 Å². The smallest absolute Gasteiger partial charge is 0.153 e. The number of aromatic nitrogens is 2. The first-order chi connectivity index (χ1) is 9.24. The summed E-state index contributed by atoms with van der Waals surface area (Å²) >= 11 is 6.13. The molecule has 0 bridgehead atoms. The third kappa shape index (κ3) is 2.30. The second-order valence-corrected chi connectivity index (χ2v) is 4.37. The van der Waals surface area contributed by atoms with Crippen molar-refractivity contribution in [3.8, 4) is 11.5 Å². The Kier molecular flexibility index (Phi) is 2.93. The Hall–Kier alpha value is -2.33. The van der Waals surface area contributed by atoms with Crippen LogP contribution >= 0.6 is 11.6 Å². The molecule has 1 aromatic carbocycles. The molecule has 0 atom stereocenters. The average Bonchev–Trinajstić information content (AvgIpc) is 2.42. The molecule has 0 aliphatic heterocycles. The minimum Gasteiger partial charge on any atom is -0.455 e. The standard InChI is InChI=1S/C14H10ClN3O/c15-11-3-4-12(14-10(11)2-1-6-18-14)19-9-5-7-17-13(16)8-9/h1-8H,(H2,16,17). The second-order valence-electron chi connectivity index (χ2n) is 3.96. The number of benzene rings is 1. The highest BCUT2D eigenvalue weighted by atomic mass is 35.5. The zero-order valence-corrected chi connectivity index (χ0v) is 10.6. The molecule has 0 unspecified atom stereocenters. The molecule has 2 aromatic heterocycles. The van der Waals surface area contributed by atoms with Gasteiger partial charge in [-0.25, -0.2) is 4.98 Å². The first kappa shape index (κ1) is 11.7. The van der Waals surface area contributed by atoms with Crippen LogP contribution in [0.25, 0.3) is 10.9 Å². The van der Waals surface area contributed by atoms with E-state index in [1.165, 1.54) is 0 Å². The number of hydrogen-bond acceptors (Lipinski definition) is 4. The Labute approximate surface area is 114 Å². The van der Waals surface area contributed by atoms with Crippen LogP contribution in [0.15, 0.2) is 48.8 Å². The number of hydrogen-bond donors (Lipinski definition) is 1. The fourth-order valence-corrected chi connectivity index (χ4v) is 2.03. The van der Waals surface area contributed by atoms with E-state index in [0.29, 0.717) is 27.9 Å². The summed E-state index contributed by atoms with van der Waals surface area (Å²) in [5, 5.41) is 1.49. The van der Waals surface area contributed by atoms with Gasteiger partial charge in [-0.1, -0.05) is 11.6 Å². The van der Waals surface area contributed by atoms with Gasteiger partial charge < -0.3 is 10.5 Å². The summed E-state index contributed by atoms with van der Waals surface area (Å²) in [6, 6.07) is 10.7. The lowest BCUT2D eigenvalue weighted by Crippen LogP contribution is -1.92. The maximum Gasteiger partial charge on any atom is 0.153 e. The molecule has 0 aliphatic carbocycles. The van der Waals surface area contributed by atoms with Crippen LogP contribution in [0.3, 0.4) is 0 Å². The van der Waals surface area contributed by atoms with Crippen molar-refractivity contribution in [1.82, 2.24) is 9.97 Å². The minimum atomic E-state index is 0.406. The van der Waals surface area contributed by atoms with Crippen molar-refractivity contribution in [2.24, 2.45) is 0 Å². The number of nitrogens with two attached hydrogens (primary N) is 1. The topological polar surface area (TPSA) is 61.0 Å². The molecule has 0 spiro atoms. The van der Waals surface area contributed by atoms with E-state index in [1.807, 2.05) is 12.1 Å². The predicted molar refractivity (Wildman–Crippen MR) is 75.5 cm³/mol. The molecular weight excluding hydrogens is 262 g/mol. The van der Waals surface area contributed by atoms with Crippen LogP contribution in [0.5, 0.6) is 11.5 Å². The maximum absolute atomic E-state index is 6.13. The van der Waals surface area contributed by atoms with Gasteiger partial charge >= 0.3 is 0 Å². The quantitative estimate of drug-likeness (QED) is 0.773. The molecule has 0 saturated heterocycles. The summed E-state index contributed by atoms with van der Waals surface area (Å²) in [6.45, 7) is 0. The molecule has 0 saturated carbocycles. The normalized spacial score (nSPS) is 10.6. The van der Waals surface area contributed by atoms with Crippen LogP contribution in [0.1, 0.15) is 0 Å². The van der Waals surface area contributed by atoms with Gasteiger partial charge in [0, 0.05) is 23.8 Å². The number of nitrogen functional groups attached to an aromatic ring is 1. The van der Waals surface area contributed by atoms with Gasteiger partial charge in [-0.05, 0) is 30.3 Å². The van der Waals surface area contributed by atoms with Crippen LogP contribution in [-0.4, -0.2) is 9.97 Å². The van der Waals surface area contributed by atoms with E-state index in [1.54, 1.807) is 36.7 Å². The Morgan fingerprint density at radius 1 is 1.05 bits per heavy atom. The average molecular weight is 272 g/mol. The lowest BCUT2D eigenvalue weighted by Gasteiger charge is -2.09. The number of ether oxygens (including phenoxy) is 1. The summed E-state index contributed by atoms with van der Waals surface area (Å²) in [5.74, 6) is 1.65. The minimum absolute atomic E-state index is 0.406. The molecule has 5 heteroatoms. The van der Waals surface area contributed by atoms with Gasteiger partial charge in [-0.3, -0.25) is 4.98 Å². The maximum atomic E-state index is 6.13. The Morgan fingerprint density at radius 2 is 1.95 bits per heavy atom. The van der Waals surface area contributed by atoms with Gasteiger partial charge in [-0.2, -0.15) is 0 Å². The Balaban J connectivity index is 2.09. The Morgan fingerprint density at radius 3 is 2.79 bits per heavy atom. The van der Waals surface area contributed by atoms with Crippen LogP contribution in [0, 0.1) is 0 Å². The molecule has 2 heterocycles. The van der Waals surface area contributed by atoms with Gasteiger partial charge in [0.1, 0.15) is 17.1 Å². The van der Waals surface area contributed by atoms with Crippen molar-refractivity contribution in [3.05, 3.63) is 53.8 Å².